The summed E-state index contributed by atoms with van der Waals surface area (Å²) in [7, 11) is 1.27. The molecule has 1 aromatic heterocycles. The van der Waals surface area contributed by atoms with E-state index in [0.29, 0.717) is 4.47 Å². The normalized spacial score (nSPS) is 10.4. The molecule has 1 heterocycles. The Balaban J connectivity index is 2.95. The first-order valence-corrected chi connectivity index (χ1v) is 6.88. The summed E-state index contributed by atoms with van der Waals surface area (Å²) in [6, 6.07) is 3.29. The predicted octanol–water partition coefficient (Wildman–Crippen LogP) is 2.55. The number of ether oxygens (including phenoxy) is 1. The van der Waals surface area contributed by atoms with Crippen LogP contribution < -0.4 is 5.32 Å². The lowest BCUT2D eigenvalue weighted by Crippen LogP contribution is -2.34. The first-order valence-electron chi connectivity index (χ1n) is 6.09. The number of pyridine rings is 1. The van der Waals surface area contributed by atoms with Gasteiger partial charge in [-0.3, -0.25) is 4.79 Å². The second kappa shape index (κ2) is 7.23. The number of nitrogens with zero attached hydrogens (tertiary/aromatic N) is 1. The Morgan fingerprint density at radius 2 is 2.00 bits per heavy atom. The summed E-state index contributed by atoms with van der Waals surface area (Å²) >= 11 is 3.20. The van der Waals surface area contributed by atoms with E-state index in [-0.39, 0.29) is 23.3 Å². The summed E-state index contributed by atoms with van der Waals surface area (Å²) in [6.07, 6.45) is 1.70. The average Bonchev–Trinajstić information content (AvgIpc) is 2.44. The fraction of sp³-hybridized carbons (Fsp3) is 0.462. The smallest absolute Gasteiger partial charge is 0.357 e. The zero-order valence-electron chi connectivity index (χ0n) is 11.2. The number of hydrogen-bond donors (Lipinski definition) is 1. The van der Waals surface area contributed by atoms with Gasteiger partial charge in [-0.15, -0.1) is 0 Å². The van der Waals surface area contributed by atoms with Crippen molar-refractivity contribution in [3.05, 3.63) is 28.0 Å². The maximum atomic E-state index is 12.0. The molecular weight excluding hydrogens is 312 g/mol. The van der Waals surface area contributed by atoms with Crippen LogP contribution in [0.5, 0.6) is 0 Å². The molecule has 0 fully saturated rings. The molecule has 0 aliphatic heterocycles. The molecule has 0 aliphatic rings. The molecular formula is C13H17BrN2O3. The van der Waals surface area contributed by atoms with Gasteiger partial charge in [-0.1, -0.05) is 13.8 Å². The number of methoxy groups -OCH3 is 1. The van der Waals surface area contributed by atoms with Gasteiger partial charge in [0, 0.05) is 6.04 Å². The summed E-state index contributed by atoms with van der Waals surface area (Å²) in [4.78, 5) is 27.5. The van der Waals surface area contributed by atoms with E-state index in [9.17, 15) is 9.59 Å². The quantitative estimate of drug-likeness (QED) is 0.843. The summed E-state index contributed by atoms with van der Waals surface area (Å²) in [6.45, 7) is 4.01. The number of halogens is 1. The van der Waals surface area contributed by atoms with E-state index in [1.807, 2.05) is 13.8 Å². The number of rotatable bonds is 5. The van der Waals surface area contributed by atoms with E-state index in [0.717, 1.165) is 12.8 Å². The van der Waals surface area contributed by atoms with Crippen LogP contribution in [-0.2, 0) is 4.74 Å². The largest absolute Gasteiger partial charge is 0.464 e. The maximum Gasteiger partial charge on any atom is 0.357 e. The number of amides is 1. The van der Waals surface area contributed by atoms with Crippen LogP contribution in [0, 0.1) is 0 Å². The van der Waals surface area contributed by atoms with E-state index >= 15 is 0 Å². The molecule has 0 aromatic carbocycles. The molecule has 0 unspecified atom stereocenters. The third-order valence-corrected chi connectivity index (χ3v) is 3.42. The number of hydrogen-bond acceptors (Lipinski definition) is 4. The lowest BCUT2D eigenvalue weighted by molar-refractivity contribution is 0.0592. The molecule has 1 rings (SSSR count). The van der Waals surface area contributed by atoms with E-state index in [4.69, 9.17) is 0 Å². The number of nitrogens with one attached hydrogen (secondary N) is 1. The van der Waals surface area contributed by atoms with Crippen molar-refractivity contribution in [2.45, 2.75) is 32.7 Å². The molecule has 5 nitrogen and oxygen atoms in total. The third kappa shape index (κ3) is 4.02. The van der Waals surface area contributed by atoms with Crippen molar-refractivity contribution < 1.29 is 14.3 Å². The minimum atomic E-state index is -0.580. The molecule has 0 saturated carbocycles. The highest BCUT2D eigenvalue weighted by Gasteiger charge is 2.17. The standard InChI is InChI=1S/C13H17BrN2O3/c1-4-8(5-2)15-12(17)10-7-6-9(14)11(16-10)13(18)19-3/h6-8H,4-5H2,1-3H3,(H,15,17). The number of esters is 1. The highest BCUT2D eigenvalue weighted by Crippen LogP contribution is 2.16. The maximum absolute atomic E-state index is 12.0. The topological polar surface area (TPSA) is 68.3 Å². The highest BCUT2D eigenvalue weighted by atomic mass is 79.9. The van der Waals surface area contributed by atoms with Crippen LogP contribution in [0.15, 0.2) is 16.6 Å². The van der Waals surface area contributed by atoms with Gasteiger partial charge >= 0.3 is 5.97 Å². The Labute approximate surface area is 120 Å². The number of carbonyl (C=O) groups excluding carboxylic acids is 2. The lowest BCUT2D eigenvalue weighted by Gasteiger charge is -2.14. The van der Waals surface area contributed by atoms with Crippen LogP contribution >= 0.6 is 15.9 Å². The van der Waals surface area contributed by atoms with Crippen LogP contribution in [0.25, 0.3) is 0 Å². The Hall–Kier alpha value is -1.43. The van der Waals surface area contributed by atoms with Crippen molar-refractivity contribution >= 4 is 27.8 Å². The van der Waals surface area contributed by atoms with Gasteiger partial charge in [-0.25, -0.2) is 9.78 Å². The first kappa shape index (κ1) is 15.6. The molecule has 19 heavy (non-hydrogen) atoms. The van der Waals surface area contributed by atoms with Crippen LogP contribution in [0.3, 0.4) is 0 Å². The van der Waals surface area contributed by atoms with Gasteiger partial charge in [0.05, 0.1) is 11.6 Å². The van der Waals surface area contributed by atoms with Gasteiger partial charge in [0.2, 0.25) is 0 Å². The SMILES string of the molecule is CCC(CC)NC(=O)c1ccc(Br)c(C(=O)OC)n1. The van der Waals surface area contributed by atoms with Crippen LogP contribution in [0.2, 0.25) is 0 Å². The van der Waals surface area contributed by atoms with Crippen LogP contribution in [0.1, 0.15) is 47.7 Å². The van der Waals surface area contributed by atoms with Crippen molar-refractivity contribution in [2.75, 3.05) is 7.11 Å². The molecule has 0 atom stereocenters. The monoisotopic (exact) mass is 328 g/mol. The van der Waals surface area contributed by atoms with E-state index < -0.39 is 5.97 Å². The van der Waals surface area contributed by atoms with Crippen molar-refractivity contribution in [3.63, 3.8) is 0 Å². The minimum Gasteiger partial charge on any atom is -0.464 e. The molecule has 0 bridgehead atoms. The zero-order valence-corrected chi connectivity index (χ0v) is 12.8. The fourth-order valence-electron chi connectivity index (χ4n) is 1.56. The second-order valence-electron chi connectivity index (χ2n) is 4.01. The Morgan fingerprint density at radius 3 is 2.53 bits per heavy atom. The molecule has 1 aromatic rings. The molecule has 0 spiro atoms. The molecule has 0 aliphatic carbocycles. The van der Waals surface area contributed by atoms with Crippen molar-refractivity contribution in [1.82, 2.24) is 10.3 Å². The van der Waals surface area contributed by atoms with E-state index in [2.05, 4.69) is 31.0 Å². The van der Waals surface area contributed by atoms with Crippen molar-refractivity contribution in [3.8, 4) is 0 Å². The summed E-state index contributed by atoms with van der Waals surface area (Å²) in [5, 5.41) is 2.87. The van der Waals surface area contributed by atoms with Gasteiger partial charge in [-0.05, 0) is 40.9 Å². The molecule has 1 N–H and O–H groups in total. The minimum absolute atomic E-state index is 0.0969. The average molecular weight is 329 g/mol. The molecule has 0 saturated heterocycles. The summed E-state index contributed by atoms with van der Waals surface area (Å²) < 4.78 is 5.11. The molecule has 104 valence electrons. The van der Waals surface area contributed by atoms with Crippen molar-refractivity contribution in [1.29, 1.82) is 0 Å². The van der Waals surface area contributed by atoms with Gasteiger partial charge < -0.3 is 10.1 Å². The van der Waals surface area contributed by atoms with Crippen molar-refractivity contribution in [2.24, 2.45) is 0 Å². The fourth-order valence-corrected chi connectivity index (χ4v) is 1.94. The second-order valence-corrected chi connectivity index (χ2v) is 4.86. The van der Waals surface area contributed by atoms with Gasteiger partial charge in [0.15, 0.2) is 5.69 Å². The summed E-state index contributed by atoms with van der Waals surface area (Å²) in [5.74, 6) is -0.865. The molecule has 6 heteroatoms. The first-order chi connectivity index (χ1) is 9.03. The Bertz CT molecular complexity index is 473. The van der Waals surface area contributed by atoms with Crippen LogP contribution in [0.4, 0.5) is 0 Å². The highest BCUT2D eigenvalue weighted by molar-refractivity contribution is 9.10. The van der Waals surface area contributed by atoms with Crippen LogP contribution in [-0.4, -0.2) is 30.0 Å². The number of carbonyl (C=O) groups is 2. The molecule has 0 radical (unpaired) electrons. The third-order valence-electron chi connectivity index (χ3n) is 2.78. The lowest BCUT2D eigenvalue weighted by atomic mass is 10.1. The van der Waals surface area contributed by atoms with E-state index in [1.54, 1.807) is 12.1 Å². The molecule has 1 amide bonds. The van der Waals surface area contributed by atoms with Gasteiger partial charge in [-0.2, -0.15) is 0 Å². The summed E-state index contributed by atoms with van der Waals surface area (Å²) in [5.41, 5.74) is 0.301. The van der Waals surface area contributed by atoms with E-state index in [1.165, 1.54) is 7.11 Å². The predicted molar refractivity (Wildman–Crippen MR) is 75.1 cm³/mol. The zero-order chi connectivity index (χ0) is 14.4. The Morgan fingerprint density at radius 1 is 1.37 bits per heavy atom. The van der Waals surface area contributed by atoms with Gasteiger partial charge in [0.1, 0.15) is 5.69 Å². The van der Waals surface area contributed by atoms with Gasteiger partial charge in [0.25, 0.3) is 5.91 Å². The number of aromatic nitrogens is 1. The Kier molecular flexibility index (Phi) is 5.95.